The molecule has 2 N–H and O–H groups in total. The lowest BCUT2D eigenvalue weighted by Crippen LogP contribution is -2.29. The topological polar surface area (TPSA) is 59.6 Å². The summed E-state index contributed by atoms with van der Waals surface area (Å²) in [4.78, 5) is 11.6. The standard InChI is InChI=1S/C13H18N2O3/c1-17-12-6-2-4-10(8-12)15-13(16)18-9-11-5-3-7-14-11/h2,4,6,8,11,14H,3,5,7,9H2,1H3,(H,15,16). The summed E-state index contributed by atoms with van der Waals surface area (Å²) in [5.41, 5.74) is 0.665. The van der Waals surface area contributed by atoms with Crippen molar-refractivity contribution in [3.8, 4) is 5.75 Å². The quantitative estimate of drug-likeness (QED) is 0.858. The van der Waals surface area contributed by atoms with Crippen LogP contribution < -0.4 is 15.4 Å². The van der Waals surface area contributed by atoms with Crippen LogP contribution in [0.2, 0.25) is 0 Å². The van der Waals surface area contributed by atoms with Gasteiger partial charge in [-0.05, 0) is 31.5 Å². The lowest BCUT2D eigenvalue weighted by Gasteiger charge is -2.12. The molecule has 0 aromatic heterocycles. The lowest BCUT2D eigenvalue weighted by atomic mass is 10.2. The first-order valence-electron chi connectivity index (χ1n) is 6.09. The van der Waals surface area contributed by atoms with Crippen LogP contribution in [-0.4, -0.2) is 32.4 Å². The molecule has 1 unspecified atom stereocenters. The van der Waals surface area contributed by atoms with Crippen LogP contribution in [0.5, 0.6) is 5.75 Å². The fourth-order valence-electron chi connectivity index (χ4n) is 1.93. The van der Waals surface area contributed by atoms with Crippen molar-refractivity contribution in [2.75, 3.05) is 25.6 Å². The molecule has 1 amide bonds. The Labute approximate surface area is 106 Å². The summed E-state index contributed by atoms with van der Waals surface area (Å²) in [6.45, 7) is 1.42. The summed E-state index contributed by atoms with van der Waals surface area (Å²) < 4.78 is 10.2. The van der Waals surface area contributed by atoms with E-state index in [4.69, 9.17) is 9.47 Å². The predicted molar refractivity (Wildman–Crippen MR) is 69.0 cm³/mol. The fourth-order valence-corrected chi connectivity index (χ4v) is 1.93. The molecule has 1 aliphatic heterocycles. The molecule has 1 heterocycles. The molecule has 1 aliphatic rings. The Morgan fingerprint density at radius 1 is 1.56 bits per heavy atom. The van der Waals surface area contributed by atoms with Crippen LogP contribution in [0.3, 0.4) is 0 Å². The first kappa shape index (κ1) is 12.7. The Balaban J connectivity index is 1.78. The van der Waals surface area contributed by atoms with E-state index in [0.29, 0.717) is 24.1 Å². The largest absolute Gasteiger partial charge is 0.497 e. The van der Waals surface area contributed by atoms with Crippen molar-refractivity contribution in [3.63, 3.8) is 0 Å². The second kappa shape index (κ2) is 6.26. The van der Waals surface area contributed by atoms with E-state index in [9.17, 15) is 4.79 Å². The zero-order valence-electron chi connectivity index (χ0n) is 10.4. The maximum Gasteiger partial charge on any atom is 0.411 e. The third kappa shape index (κ3) is 3.63. The van der Waals surface area contributed by atoms with Gasteiger partial charge in [-0.2, -0.15) is 0 Å². The Morgan fingerprint density at radius 3 is 3.17 bits per heavy atom. The van der Waals surface area contributed by atoms with Gasteiger partial charge >= 0.3 is 6.09 Å². The van der Waals surface area contributed by atoms with Crippen LogP contribution in [0, 0.1) is 0 Å². The fraction of sp³-hybridized carbons (Fsp3) is 0.462. The van der Waals surface area contributed by atoms with Gasteiger partial charge in [0, 0.05) is 17.8 Å². The van der Waals surface area contributed by atoms with Crippen LogP contribution in [0.15, 0.2) is 24.3 Å². The number of amides is 1. The zero-order valence-corrected chi connectivity index (χ0v) is 10.4. The summed E-state index contributed by atoms with van der Waals surface area (Å²) in [6.07, 6.45) is 1.77. The molecule has 0 spiro atoms. The highest BCUT2D eigenvalue weighted by atomic mass is 16.5. The van der Waals surface area contributed by atoms with E-state index in [0.717, 1.165) is 19.4 Å². The van der Waals surface area contributed by atoms with E-state index in [1.807, 2.05) is 12.1 Å². The van der Waals surface area contributed by atoms with Crippen LogP contribution in [-0.2, 0) is 4.74 Å². The van der Waals surface area contributed by atoms with E-state index in [-0.39, 0.29) is 0 Å². The van der Waals surface area contributed by atoms with Gasteiger partial charge in [0.2, 0.25) is 0 Å². The second-order valence-electron chi connectivity index (χ2n) is 4.25. The smallest absolute Gasteiger partial charge is 0.411 e. The molecule has 2 rings (SSSR count). The second-order valence-corrected chi connectivity index (χ2v) is 4.25. The van der Waals surface area contributed by atoms with Crippen molar-refractivity contribution >= 4 is 11.8 Å². The molecule has 0 aliphatic carbocycles. The van der Waals surface area contributed by atoms with Crippen molar-refractivity contribution in [1.82, 2.24) is 5.32 Å². The molecule has 18 heavy (non-hydrogen) atoms. The number of nitrogens with one attached hydrogen (secondary N) is 2. The molecule has 0 bridgehead atoms. The van der Waals surface area contributed by atoms with Gasteiger partial charge in [0.25, 0.3) is 0 Å². The molecule has 0 saturated carbocycles. The third-order valence-corrected chi connectivity index (χ3v) is 2.89. The summed E-state index contributed by atoms with van der Waals surface area (Å²) in [7, 11) is 1.59. The molecule has 1 fully saturated rings. The first-order chi connectivity index (χ1) is 8.78. The van der Waals surface area contributed by atoms with Crippen molar-refractivity contribution in [1.29, 1.82) is 0 Å². The number of rotatable bonds is 4. The summed E-state index contributed by atoms with van der Waals surface area (Å²) in [6, 6.07) is 7.46. The Kier molecular flexibility index (Phi) is 4.41. The highest BCUT2D eigenvalue weighted by molar-refractivity contribution is 5.84. The van der Waals surface area contributed by atoms with Crippen LogP contribution in [0.1, 0.15) is 12.8 Å². The minimum absolute atomic E-state index is 0.293. The number of carbonyl (C=O) groups excluding carboxylic acids is 1. The Hall–Kier alpha value is -1.75. The van der Waals surface area contributed by atoms with Gasteiger partial charge in [0.1, 0.15) is 12.4 Å². The number of methoxy groups -OCH3 is 1. The van der Waals surface area contributed by atoms with Crippen molar-refractivity contribution < 1.29 is 14.3 Å². The normalized spacial score (nSPS) is 18.4. The number of ether oxygens (including phenoxy) is 2. The van der Waals surface area contributed by atoms with Gasteiger partial charge < -0.3 is 14.8 Å². The average Bonchev–Trinajstić information content (AvgIpc) is 2.90. The van der Waals surface area contributed by atoms with E-state index in [1.54, 1.807) is 19.2 Å². The molecular formula is C13H18N2O3. The van der Waals surface area contributed by atoms with Crippen molar-refractivity contribution in [2.24, 2.45) is 0 Å². The highest BCUT2D eigenvalue weighted by Crippen LogP contribution is 2.16. The maximum atomic E-state index is 11.6. The first-order valence-corrected chi connectivity index (χ1v) is 6.09. The summed E-state index contributed by atoms with van der Waals surface area (Å²) in [5.74, 6) is 0.699. The minimum Gasteiger partial charge on any atom is -0.497 e. The Bertz CT molecular complexity index is 403. The molecule has 1 aromatic carbocycles. The van der Waals surface area contributed by atoms with E-state index >= 15 is 0 Å². The summed E-state index contributed by atoms with van der Waals surface area (Å²) in [5, 5.41) is 5.94. The van der Waals surface area contributed by atoms with Crippen LogP contribution in [0.4, 0.5) is 10.5 Å². The number of carbonyl (C=O) groups is 1. The van der Waals surface area contributed by atoms with Crippen LogP contribution >= 0.6 is 0 Å². The number of hydrogen-bond acceptors (Lipinski definition) is 4. The monoisotopic (exact) mass is 250 g/mol. The molecule has 5 nitrogen and oxygen atoms in total. The van der Waals surface area contributed by atoms with Crippen molar-refractivity contribution in [2.45, 2.75) is 18.9 Å². The van der Waals surface area contributed by atoms with Gasteiger partial charge in [0.15, 0.2) is 0 Å². The van der Waals surface area contributed by atoms with Gasteiger partial charge in [-0.3, -0.25) is 5.32 Å². The van der Waals surface area contributed by atoms with Gasteiger partial charge in [-0.1, -0.05) is 6.07 Å². The highest BCUT2D eigenvalue weighted by Gasteiger charge is 2.15. The number of anilines is 1. The molecule has 98 valence electrons. The summed E-state index contributed by atoms with van der Waals surface area (Å²) >= 11 is 0. The minimum atomic E-state index is -0.433. The zero-order chi connectivity index (χ0) is 12.8. The molecule has 1 saturated heterocycles. The van der Waals surface area contributed by atoms with E-state index in [1.165, 1.54) is 0 Å². The molecule has 0 radical (unpaired) electrons. The molecule has 1 aromatic rings. The third-order valence-electron chi connectivity index (χ3n) is 2.89. The maximum absolute atomic E-state index is 11.6. The molecule has 5 heteroatoms. The van der Waals surface area contributed by atoms with E-state index in [2.05, 4.69) is 10.6 Å². The van der Waals surface area contributed by atoms with Gasteiger partial charge in [0.05, 0.1) is 7.11 Å². The SMILES string of the molecule is COc1cccc(NC(=O)OCC2CCCN2)c1. The van der Waals surface area contributed by atoms with Crippen LogP contribution in [0.25, 0.3) is 0 Å². The van der Waals surface area contributed by atoms with Gasteiger partial charge in [-0.25, -0.2) is 4.79 Å². The lowest BCUT2D eigenvalue weighted by molar-refractivity contribution is 0.151. The molecular weight excluding hydrogens is 232 g/mol. The molecule has 1 atom stereocenters. The predicted octanol–water partition coefficient (Wildman–Crippen LogP) is 2.00. The van der Waals surface area contributed by atoms with E-state index < -0.39 is 6.09 Å². The average molecular weight is 250 g/mol. The Morgan fingerprint density at radius 2 is 2.44 bits per heavy atom. The van der Waals surface area contributed by atoms with Crippen molar-refractivity contribution in [3.05, 3.63) is 24.3 Å². The van der Waals surface area contributed by atoms with Gasteiger partial charge in [-0.15, -0.1) is 0 Å². The number of hydrogen-bond donors (Lipinski definition) is 2. The number of benzene rings is 1.